The number of hydrogen-bond acceptors (Lipinski definition) is 6. The summed E-state index contributed by atoms with van der Waals surface area (Å²) in [5.41, 5.74) is -4.44. The molecule has 0 aliphatic heterocycles. The minimum absolute atomic E-state index is 0.00351. The molecule has 396 valence electrons. The van der Waals surface area contributed by atoms with Crippen LogP contribution in [0.25, 0.3) is 0 Å². The number of carbonyl (C=O) groups is 1. The average molecular weight is 938 g/mol. The molecule has 0 rings (SSSR count). The van der Waals surface area contributed by atoms with E-state index in [4.69, 9.17) is 0 Å². The SMILES string of the molecule is CCCCCCCCCCCCCCCCCCC(O)[C@@H](O)[C@](O)(CCCCCCCCCCCCCCCCCC)[C@@](O)(CCCCCCCCCCCCCCCCCC)[C@@H](O)C=O. The molecule has 5 atom stereocenters. The van der Waals surface area contributed by atoms with Gasteiger partial charge in [-0.1, -0.05) is 329 Å². The first-order valence-corrected chi connectivity index (χ1v) is 30.2. The minimum atomic E-state index is -2.24. The van der Waals surface area contributed by atoms with Gasteiger partial charge >= 0.3 is 0 Å². The molecule has 0 aromatic heterocycles. The highest BCUT2D eigenvalue weighted by Gasteiger charge is 2.58. The molecule has 0 aliphatic rings. The number of carbonyl (C=O) groups excluding carboxylic acids is 1. The second-order valence-electron chi connectivity index (χ2n) is 21.6. The number of aldehydes is 1. The fourth-order valence-corrected chi connectivity index (χ4v) is 10.6. The molecule has 0 aliphatic carbocycles. The number of aliphatic hydroxyl groups excluding tert-OH is 3. The Balaban J connectivity index is 4.91. The maximum Gasteiger partial charge on any atom is 0.151 e. The van der Waals surface area contributed by atoms with Gasteiger partial charge in [0.1, 0.15) is 23.4 Å². The summed E-state index contributed by atoms with van der Waals surface area (Å²) < 4.78 is 0. The molecule has 0 heterocycles. The summed E-state index contributed by atoms with van der Waals surface area (Å²) in [6.45, 7) is 6.82. The topological polar surface area (TPSA) is 118 Å². The van der Waals surface area contributed by atoms with Crippen LogP contribution in [0.5, 0.6) is 0 Å². The van der Waals surface area contributed by atoms with Gasteiger partial charge in [0.25, 0.3) is 0 Å². The summed E-state index contributed by atoms with van der Waals surface area (Å²) in [6.07, 6.45) is 54.8. The molecule has 6 heteroatoms. The first-order valence-electron chi connectivity index (χ1n) is 30.2. The fraction of sp³-hybridized carbons (Fsp3) is 0.983. The van der Waals surface area contributed by atoms with Crippen molar-refractivity contribution in [2.24, 2.45) is 0 Å². The summed E-state index contributed by atoms with van der Waals surface area (Å²) in [7, 11) is 0. The molecule has 1 unspecified atom stereocenters. The van der Waals surface area contributed by atoms with Crippen molar-refractivity contribution in [3.05, 3.63) is 0 Å². The van der Waals surface area contributed by atoms with Crippen LogP contribution in [0, 0.1) is 0 Å². The Morgan fingerprint density at radius 3 is 0.727 bits per heavy atom. The van der Waals surface area contributed by atoms with Crippen molar-refractivity contribution in [2.45, 2.75) is 378 Å². The highest BCUT2D eigenvalue weighted by molar-refractivity contribution is 5.58. The molecule has 66 heavy (non-hydrogen) atoms. The largest absolute Gasteiger partial charge is 0.390 e. The lowest BCUT2D eigenvalue weighted by molar-refractivity contribution is -0.255. The van der Waals surface area contributed by atoms with Crippen LogP contribution in [0.1, 0.15) is 348 Å². The maximum absolute atomic E-state index is 12.4. The van der Waals surface area contributed by atoms with Gasteiger partial charge < -0.3 is 30.3 Å². The Hall–Kier alpha value is -0.530. The average Bonchev–Trinajstić information content (AvgIpc) is 3.32. The van der Waals surface area contributed by atoms with E-state index < -0.39 is 29.5 Å². The van der Waals surface area contributed by atoms with Gasteiger partial charge in [-0.2, -0.15) is 0 Å². The molecule has 0 bridgehead atoms. The molecule has 0 radical (unpaired) electrons. The second kappa shape index (κ2) is 49.5. The monoisotopic (exact) mass is 937 g/mol. The fourth-order valence-electron chi connectivity index (χ4n) is 10.6. The quantitative estimate of drug-likeness (QED) is 0.0306. The van der Waals surface area contributed by atoms with Crippen molar-refractivity contribution in [1.82, 2.24) is 0 Å². The maximum atomic E-state index is 12.4. The molecule has 0 amide bonds. The molecule has 6 nitrogen and oxygen atoms in total. The second-order valence-corrected chi connectivity index (χ2v) is 21.6. The minimum Gasteiger partial charge on any atom is -0.390 e. The summed E-state index contributed by atoms with van der Waals surface area (Å²) in [4.78, 5) is 12.2. The van der Waals surface area contributed by atoms with Crippen LogP contribution in [0.3, 0.4) is 0 Å². The molecular formula is C60H120O6. The summed E-state index contributed by atoms with van der Waals surface area (Å²) in [5, 5.41) is 58.7. The van der Waals surface area contributed by atoms with Gasteiger partial charge in [-0.25, -0.2) is 0 Å². The van der Waals surface area contributed by atoms with Crippen LogP contribution >= 0.6 is 0 Å². The predicted octanol–water partition coefficient (Wildman–Crippen LogP) is 17.7. The number of unbranched alkanes of at least 4 members (excludes halogenated alkanes) is 45. The van der Waals surface area contributed by atoms with E-state index in [1.807, 2.05) is 0 Å². The van der Waals surface area contributed by atoms with E-state index in [0.717, 1.165) is 57.8 Å². The van der Waals surface area contributed by atoms with Gasteiger partial charge in [-0.15, -0.1) is 0 Å². The van der Waals surface area contributed by atoms with E-state index in [1.165, 1.54) is 238 Å². The highest BCUT2D eigenvalue weighted by Crippen LogP contribution is 2.40. The zero-order valence-corrected chi connectivity index (χ0v) is 45.0. The van der Waals surface area contributed by atoms with E-state index in [2.05, 4.69) is 20.8 Å². The van der Waals surface area contributed by atoms with E-state index in [9.17, 15) is 30.3 Å². The van der Waals surface area contributed by atoms with Crippen molar-refractivity contribution in [1.29, 1.82) is 0 Å². The highest BCUT2D eigenvalue weighted by atomic mass is 16.4. The van der Waals surface area contributed by atoms with Crippen molar-refractivity contribution in [3.63, 3.8) is 0 Å². The number of rotatable bonds is 56. The third-order valence-corrected chi connectivity index (χ3v) is 15.4. The van der Waals surface area contributed by atoms with Crippen LogP contribution in [-0.2, 0) is 4.79 Å². The van der Waals surface area contributed by atoms with Gasteiger partial charge in [0.2, 0.25) is 0 Å². The molecule has 0 aromatic rings. The molecule has 0 fully saturated rings. The Kier molecular flexibility index (Phi) is 49.1. The Morgan fingerprint density at radius 1 is 0.303 bits per heavy atom. The predicted molar refractivity (Wildman–Crippen MR) is 286 cm³/mol. The van der Waals surface area contributed by atoms with Crippen LogP contribution < -0.4 is 0 Å². The Labute approximate surface area is 412 Å². The lowest BCUT2D eigenvalue weighted by Crippen LogP contribution is -2.69. The van der Waals surface area contributed by atoms with E-state index in [0.29, 0.717) is 25.5 Å². The molecular weight excluding hydrogens is 817 g/mol. The van der Waals surface area contributed by atoms with Crippen LogP contribution in [-0.4, -0.2) is 61.3 Å². The van der Waals surface area contributed by atoms with Crippen molar-refractivity contribution < 1.29 is 30.3 Å². The summed E-state index contributed by atoms with van der Waals surface area (Å²) in [6, 6.07) is 0. The van der Waals surface area contributed by atoms with Gasteiger partial charge in [0.05, 0.1) is 6.10 Å². The molecule has 0 spiro atoms. The van der Waals surface area contributed by atoms with E-state index in [1.54, 1.807) is 0 Å². The lowest BCUT2D eigenvalue weighted by Gasteiger charge is -2.49. The van der Waals surface area contributed by atoms with Crippen molar-refractivity contribution in [3.8, 4) is 0 Å². The molecule has 0 aromatic carbocycles. The zero-order valence-electron chi connectivity index (χ0n) is 45.0. The third-order valence-electron chi connectivity index (χ3n) is 15.4. The van der Waals surface area contributed by atoms with Gasteiger partial charge in [-0.05, 0) is 19.3 Å². The molecule has 0 saturated heterocycles. The summed E-state index contributed by atoms with van der Waals surface area (Å²) in [5.74, 6) is 0. The van der Waals surface area contributed by atoms with Crippen molar-refractivity contribution >= 4 is 6.29 Å². The van der Waals surface area contributed by atoms with E-state index in [-0.39, 0.29) is 12.8 Å². The van der Waals surface area contributed by atoms with Crippen molar-refractivity contribution in [2.75, 3.05) is 0 Å². The standard InChI is InChI=1S/C60H120O6/c1-4-7-10-13-16-19-22-25-28-31-34-37-40-43-46-49-52-56(62)58(64)60(66,54-51-48-45-42-39-36-33-30-27-24-21-18-15-12-9-6-3)59(65,57(63)55-61)53-50-47-44-41-38-35-32-29-26-23-20-17-14-11-8-5-2/h55-58,62-66H,4-54H2,1-3H3/t56?,57-,58+,59+,60+/m0/s1. The third kappa shape index (κ3) is 36.4. The zero-order chi connectivity index (χ0) is 48.5. The lowest BCUT2D eigenvalue weighted by atomic mass is 9.68. The van der Waals surface area contributed by atoms with Gasteiger partial charge in [0.15, 0.2) is 6.29 Å². The molecule has 5 N–H and O–H groups in total. The smallest absolute Gasteiger partial charge is 0.151 e. The van der Waals surface area contributed by atoms with Gasteiger partial charge in [-0.3, -0.25) is 0 Å². The van der Waals surface area contributed by atoms with Crippen LogP contribution in [0.4, 0.5) is 0 Å². The Bertz CT molecular complexity index is 961. The Morgan fingerprint density at radius 2 is 0.500 bits per heavy atom. The van der Waals surface area contributed by atoms with Crippen LogP contribution in [0.2, 0.25) is 0 Å². The first-order chi connectivity index (χ1) is 32.2. The van der Waals surface area contributed by atoms with E-state index >= 15 is 0 Å². The normalized spacial score (nSPS) is 15.2. The van der Waals surface area contributed by atoms with Gasteiger partial charge in [0, 0.05) is 0 Å². The number of aliphatic hydroxyl groups is 5. The molecule has 0 saturated carbocycles. The first kappa shape index (κ1) is 65.5. The summed E-state index contributed by atoms with van der Waals surface area (Å²) >= 11 is 0. The number of hydrogen-bond donors (Lipinski definition) is 5. The van der Waals surface area contributed by atoms with Crippen LogP contribution in [0.15, 0.2) is 0 Å².